The van der Waals surface area contributed by atoms with Gasteiger partial charge >= 0.3 is 0 Å². The van der Waals surface area contributed by atoms with Crippen LogP contribution < -0.4 is 10.1 Å². The summed E-state index contributed by atoms with van der Waals surface area (Å²) < 4.78 is 5.45. The highest BCUT2D eigenvalue weighted by Gasteiger charge is 2.16. The Morgan fingerprint density at radius 1 is 1.04 bits per heavy atom. The number of nitrogens with one attached hydrogen (secondary N) is 1. The van der Waals surface area contributed by atoms with Crippen LogP contribution in [0.3, 0.4) is 0 Å². The van der Waals surface area contributed by atoms with Crippen molar-refractivity contribution in [2.45, 2.75) is 20.4 Å². The van der Waals surface area contributed by atoms with Crippen molar-refractivity contribution >= 4 is 17.4 Å². The van der Waals surface area contributed by atoms with Gasteiger partial charge in [-0.3, -0.25) is 4.79 Å². The van der Waals surface area contributed by atoms with Crippen molar-refractivity contribution in [2.24, 2.45) is 0 Å². The summed E-state index contributed by atoms with van der Waals surface area (Å²) in [4.78, 5) is 23.0. The lowest BCUT2D eigenvalue weighted by molar-refractivity contribution is 0.0746. The van der Waals surface area contributed by atoms with Gasteiger partial charge in [-0.15, -0.1) is 0 Å². The fraction of sp³-hybridized carbons (Fsp3) is 0.227. The normalized spacial score (nSPS) is 10.4. The third kappa shape index (κ3) is 5.07. The molecule has 0 spiro atoms. The molecule has 2 aromatic carbocycles. The minimum atomic E-state index is -0.122. The number of carbonyl (C=O) groups excluding carboxylic acids is 1. The molecule has 1 aromatic heterocycles. The summed E-state index contributed by atoms with van der Waals surface area (Å²) >= 11 is 0. The van der Waals surface area contributed by atoms with E-state index in [1.54, 1.807) is 11.0 Å². The number of hydrogen-bond donors (Lipinski definition) is 1. The maximum absolute atomic E-state index is 12.9. The van der Waals surface area contributed by atoms with Gasteiger partial charge in [0.1, 0.15) is 23.6 Å². The molecule has 0 bridgehead atoms. The second kappa shape index (κ2) is 9.50. The molecule has 0 unspecified atom stereocenters. The zero-order chi connectivity index (χ0) is 19.8. The van der Waals surface area contributed by atoms with Gasteiger partial charge in [0.2, 0.25) is 0 Å². The first-order chi connectivity index (χ1) is 13.7. The van der Waals surface area contributed by atoms with E-state index in [4.69, 9.17) is 4.74 Å². The van der Waals surface area contributed by atoms with Crippen LogP contribution >= 0.6 is 0 Å². The lowest BCUT2D eigenvalue weighted by Crippen LogP contribution is -2.31. The van der Waals surface area contributed by atoms with E-state index in [2.05, 4.69) is 15.3 Å². The van der Waals surface area contributed by atoms with Gasteiger partial charge in [-0.2, -0.15) is 0 Å². The van der Waals surface area contributed by atoms with Crippen LogP contribution in [0.15, 0.2) is 67.0 Å². The SMILES string of the molecule is CCOc1ccc(Nc2cc(C(=O)N(CC)Cc3ccccc3)ncn2)cc1. The van der Waals surface area contributed by atoms with Crippen molar-refractivity contribution in [1.29, 1.82) is 0 Å². The van der Waals surface area contributed by atoms with Gasteiger partial charge in [-0.1, -0.05) is 30.3 Å². The van der Waals surface area contributed by atoms with Crippen LogP contribution in [0.1, 0.15) is 29.9 Å². The topological polar surface area (TPSA) is 67.3 Å². The molecule has 1 amide bonds. The number of ether oxygens (including phenoxy) is 1. The Labute approximate surface area is 165 Å². The van der Waals surface area contributed by atoms with Crippen molar-refractivity contribution < 1.29 is 9.53 Å². The number of nitrogens with zero attached hydrogens (tertiary/aromatic N) is 3. The lowest BCUT2D eigenvalue weighted by Gasteiger charge is -2.20. The molecule has 3 aromatic rings. The molecule has 3 rings (SSSR count). The van der Waals surface area contributed by atoms with Gasteiger partial charge in [0, 0.05) is 24.8 Å². The highest BCUT2D eigenvalue weighted by molar-refractivity contribution is 5.93. The van der Waals surface area contributed by atoms with Crippen LogP contribution in [-0.4, -0.2) is 33.9 Å². The number of amides is 1. The molecule has 0 atom stereocenters. The Balaban J connectivity index is 1.71. The molecule has 0 saturated carbocycles. The number of rotatable bonds is 8. The summed E-state index contributed by atoms with van der Waals surface area (Å²) in [5.74, 6) is 1.26. The van der Waals surface area contributed by atoms with Gasteiger partial charge in [0.15, 0.2) is 0 Å². The molecule has 1 N–H and O–H groups in total. The van der Waals surface area contributed by atoms with Gasteiger partial charge in [-0.25, -0.2) is 9.97 Å². The largest absolute Gasteiger partial charge is 0.494 e. The highest BCUT2D eigenvalue weighted by Crippen LogP contribution is 2.19. The fourth-order valence-electron chi connectivity index (χ4n) is 2.78. The number of aromatic nitrogens is 2. The quantitative estimate of drug-likeness (QED) is 0.635. The van der Waals surface area contributed by atoms with Crippen molar-refractivity contribution in [1.82, 2.24) is 14.9 Å². The van der Waals surface area contributed by atoms with E-state index in [0.717, 1.165) is 17.0 Å². The van der Waals surface area contributed by atoms with Crippen molar-refractivity contribution in [3.8, 4) is 5.75 Å². The van der Waals surface area contributed by atoms with Gasteiger partial charge in [0.05, 0.1) is 6.61 Å². The van der Waals surface area contributed by atoms with Crippen LogP contribution in [0, 0.1) is 0 Å². The van der Waals surface area contributed by atoms with E-state index in [-0.39, 0.29) is 5.91 Å². The zero-order valence-corrected chi connectivity index (χ0v) is 16.1. The Hall–Kier alpha value is -3.41. The Morgan fingerprint density at radius 3 is 2.46 bits per heavy atom. The zero-order valence-electron chi connectivity index (χ0n) is 16.1. The van der Waals surface area contributed by atoms with Gasteiger partial charge in [-0.05, 0) is 43.7 Å². The first-order valence-corrected chi connectivity index (χ1v) is 9.34. The highest BCUT2D eigenvalue weighted by atomic mass is 16.5. The summed E-state index contributed by atoms with van der Waals surface area (Å²) in [6.07, 6.45) is 1.40. The van der Waals surface area contributed by atoms with E-state index >= 15 is 0 Å². The second-order valence-corrected chi connectivity index (χ2v) is 6.18. The van der Waals surface area contributed by atoms with E-state index in [1.165, 1.54) is 6.33 Å². The smallest absolute Gasteiger partial charge is 0.272 e. The Bertz CT molecular complexity index is 898. The number of benzene rings is 2. The van der Waals surface area contributed by atoms with Crippen LogP contribution in [0.5, 0.6) is 5.75 Å². The van der Waals surface area contributed by atoms with Crippen LogP contribution in [0.25, 0.3) is 0 Å². The molecule has 6 nitrogen and oxygen atoms in total. The van der Waals surface area contributed by atoms with E-state index in [9.17, 15) is 4.79 Å². The molecular weight excluding hydrogens is 352 g/mol. The third-order valence-electron chi connectivity index (χ3n) is 4.21. The molecule has 0 aliphatic rings. The fourth-order valence-corrected chi connectivity index (χ4v) is 2.78. The molecular formula is C22H24N4O2. The number of anilines is 2. The summed E-state index contributed by atoms with van der Waals surface area (Å²) in [6.45, 7) is 5.67. The standard InChI is InChI=1S/C22H24N4O2/c1-3-26(15-17-8-6-5-7-9-17)22(27)20-14-21(24-16-23-20)25-18-10-12-19(13-11-18)28-4-2/h5-14,16H,3-4,15H2,1-2H3,(H,23,24,25). The molecule has 0 saturated heterocycles. The van der Waals surface area contributed by atoms with Crippen molar-refractivity contribution in [3.05, 3.63) is 78.2 Å². The van der Waals surface area contributed by atoms with Gasteiger partial charge in [0.25, 0.3) is 5.91 Å². The maximum atomic E-state index is 12.9. The Morgan fingerprint density at radius 2 is 1.79 bits per heavy atom. The summed E-state index contributed by atoms with van der Waals surface area (Å²) in [5.41, 5.74) is 2.30. The maximum Gasteiger partial charge on any atom is 0.272 e. The van der Waals surface area contributed by atoms with Gasteiger partial charge < -0.3 is 15.0 Å². The minimum absolute atomic E-state index is 0.122. The average molecular weight is 376 g/mol. The number of hydrogen-bond acceptors (Lipinski definition) is 5. The summed E-state index contributed by atoms with van der Waals surface area (Å²) in [5, 5.41) is 3.20. The third-order valence-corrected chi connectivity index (χ3v) is 4.21. The van der Waals surface area contributed by atoms with Crippen LogP contribution in [0.2, 0.25) is 0 Å². The summed E-state index contributed by atoms with van der Waals surface area (Å²) in [7, 11) is 0. The predicted molar refractivity (Wildman–Crippen MR) is 110 cm³/mol. The second-order valence-electron chi connectivity index (χ2n) is 6.18. The first kappa shape index (κ1) is 19.4. The van der Waals surface area contributed by atoms with E-state index in [1.807, 2.05) is 68.4 Å². The average Bonchev–Trinajstić information content (AvgIpc) is 2.74. The molecule has 144 valence electrons. The van der Waals surface area contributed by atoms with Crippen LogP contribution in [0.4, 0.5) is 11.5 Å². The monoisotopic (exact) mass is 376 g/mol. The minimum Gasteiger partial charge on any atom is -0.494 e. The van der Waals surface area contributed by atoms with Crippen molar-refractivity contribution in [2.75, 3.05) is 18.5 Å². The summed E-state index contributed by atoms with van der Waals surface area (Å²) in [6, 6.07) is 19.2. The molecule has 0 aliphatic heterocycles. The Kier molecular flexibility index (Phi) is 6.57. The molecule has 6 heteroatoms. The molecule has 0 aliphatic carbocycles. The lowest BCUT2D eigenvalue weighted by atomic mass is 10.2. The van der Waals surface area contributed by atoms with Crippen molar-refractivity contribution in [3.63, 3.8) is 0 Å². The van der Waals surface area contributed by atoms with Crippen LogP contribution in [-0.2, 0) is 6.54 Å². The molecule has 0 radical (unpaired) electrons. The predicted octanol–water partition coefficient (Wildman–Crippen LogP) is 4.28. The van der Waals surface area contributed by atoms with E-state index < -0.39 is 0 Å². The number of carbonyl (C=O) groups is 1. The molecule has 1 heterocycles. The molecule has 0 fully saturated rings. The molecule has 28 heavy (non-hydrogen) atoms. The van der Waals surface area contributed by atoms with E-state index in [0.29, 0.717) is 31.2 Å². The first-order valence-electron chi connectivity index (χ1n) is 9.34.